The van der Waals surface area contributed by atoms with Gasteiger partial charge in [-0.25, -0.2) is 0 Å². The molecule has 0 saturated carbocycles. The summed E-state index contributed by atoms with van der Waals surface area (Å²) in [6, 6.07) is 21.9. The minimum Gasteiger partial charge on any atom is -0.550 e. The average molecular weight is 856 g/mol. The summed E-state index contributed by atoms with van der Waals surface area (Å²) in [6.07, 6.45) is 35.9. The van der Waals surface area contributed by atoms with Crippen LogP contribution in [-0.4, -0.2) is 60.8 Å². The Morgan fingerprint density at radius 3 is 0.849 bits per heavy atom. The number of hydrogen-bond acceptors (Lipinski definition) is 4. The summed E-state index contributed by atoms with van der Waals surface area (Å²) in [6.45, 7) is 4.61. The summed E-state index contributed by atoms with van der Waals surface area (Å²) in [4.78, 5) is 20.6. The molecule has 0 aliphatic carbocycles. The van der Waals surface area contributed by atoms with E-state index in [0.717, 1.165) is 37.5 Å². The fourth-order valence-electron chi connectivity index (χ4n) is 7.52. The number of carboxylic acids is 2. The van der Waals surface area contributed by atoms with Crippen LogP contribution in [0.15, 0.2) is 60.7 Å². The van der Waals surface area contributed by atoms with Crippen LogP contribution in [0.3, 0.4) is 0 Å². The molecule has 2 aromatic rings. The predicted octanol–water partition coefficient (Wildman–Crippen LogP) is 12.4. The zero-order valence-corrected chi connectivity index (χ0v) is 38.9. The van der Waals surface area contributed by atoms with Crippen LogP contribution in [0.1, 0.15) is 229 Å². The first-order chi connectivity index (χ1) is 25.5. The summed E-state index contributed by atoms with van der Waals surface area (Å²) < 4.78 is 0. The van der Waals surface area contributed by atoms with Crippen molar-refractivity contribution in [1.82, 2.24) is 0 Å². The van der Waals surface area contributed by atoms with Crippen LogP contribution in [0.5, 0.6) is 0 Å². The number of aliphatic carboxylic acids is 2. The van der Waals surface area contributed by atoms with Crippen LogP contribution < -0.4 is 10.2 Å². The van der Waals surface area contributed by atoms with Gasteiger partial charge in [0.25, 0.3) is 0 Å². The molecule has 2 atom stereocenters. The monoisotopic (exact) mass is 856 g/mol. The van der Waals surface area contributed by atoms with Crippen molar-refractivity contribution in [2.75, 3.05) is 0 Å². The van der Waals surface area contributed by atoms with Crippen LogP contribution in [0, 0.1) is 0 Å². The van der Waals surface area contributed by atoms with Gasteiger partial charge in [-0.15, -0.1) is 0 Å². The van der Waals surface area contributed by atoms with Gasteiger partial charge in [0.15, 0.2) is 0 Å². The summed E-state index contributed by atoms with van der Waals surface area (Å²) >= 11 is 0. The molecule has 0 amide bonds. The van der Waals surface area contributed by atoms with Crippen molar-refractivity contribution in [3.63, 3.8) is 0 Å². The minimum atomic E-state index is -0.907. The molecule has 296 valence electrons. The number of carbonyl (C=O) groups excluding carboxylic acids is 2. The van der Waals surface area contributed by atoms with Gasteiger partial charge in [-0.1, -0.05) is 216 Å². The molecule has 0 fully saturated rings. The number of benzene rings is 2. The molecule has 53 heavy (non-hydrogen) atoms. The molecule has 0 radical (unpaired) electrons. The Morgan fingerprint density at radius 1 is 0.396 bits per heavy atom. The maximum atomic E-state index is 10.3. The smallest absolute Gasteiger partial charge is 0.550 e. The largest absolute Gasteiger partial charge is 2.00 e. The van der Waals surface area contributed by atoms with Crippen molar-refractivity contribution in [3.8, 4) is 0 Å². The molecule has 2 aromatic carbocycles. The third-order valence-electron chi connectivity index (χ3n) is 10.9. The third-order valence-corrected chi connectivity index (χ3v) is 10.9. The van der Waals surface area contributed by atoms with Gasteiger partial charge in [0.1, 0.15) is 0 Å². The molecular weight excluding hydrogens is 778 g/mol. The molecule has 0 aliphatic rings. The van der Waals surface area contributed by atoms with E-state index in [1.165, 1.54) is 165 Å². The Kier molecular flexibility index (Phi) is 38.4. The minimum absolute atomic E-state index is 0. The van der Waals surface area contributed by atoms with E-state index in [1.807, 2.05) is 0 Å². The van der Waals surface area contributed by atoms with Crippen LogP contribution in [0.2, 0.25) is 0 Å². The molecule has 0 aliphatic heterocycles. The first-order valence-electron chi connectivity index (χ1n) is 22.0. The second kappa shape index (κ2) is 39.2. The fraction of sp³-hybridized carbons (Fsp3) is 0.708. The van der Waals surface area contributed by atoms with Crippen LogP contribution in [0.4, 0.5) is 0 Å². The standard InChI is InChI=1S/2C24H40O2.Ba/c2*1-2-22(23-19-15-13-16-20-23)18-14-11-9-7-5-3-4-6-8-10-12-17-21-24(25)26;/h2*13,15-16,19-20,22H,2-12,14,17-18,21H2,1H3,(H,25,26);/q;;+2/p-2. The van der Waals surface area contributed by atoms with Gasteiger partial charge < -0.3 is 19.8 Å². The van der Waals surface area contributed by atoms with E-state index in [4.69, 9.17) is 0 Å². The van der Waals surface area contributed by atoms with E-state index in [-0.39, 0.29) is 61.7 Å². The van der Waals surface area contributed by atoms with Crippen molar-refractivity contribution < 1.29 is 19.8 Å². The molecule has 0 bridgehead atoms. The van der Waals surface area contributed by atoms with Crippen molar-refractivity contribution in [1.29, 1.82) is 0 Å². The first kappa shape index (κ1) is 52.0. The quantitative estimate of drug-likeness (QED) is 0.0519. The van der Waals surface area contributed by atoms with Crippen LogP contribution in [-0.2, 0) is 9.59 Å². The van der Waals surface area contributed by atoms with Gasteiger partial charge in [0, 0.05) is 11.9 Å². The van der Waals surface area contributed by atoms with E-state index in [2.05, 4.69) is 74.5 Å². The average Bonchev–Trinajstić information content (AvgIpc) is 3.15. The predicted molar refractivity (Wildman–Crippen MR) is 224 cm³/mol. The number of carbonyl (C=O) groups is 2. The van der Waals surface area contributed by atoms with Gasteiger partial charge in [-0.3, -0.25) is 0 Å². The second-order valence-corrected chi connectivity index (χ2v) is 15.3. The Hall–Kier alpha value is -1.05. The molecule has 2 unspecified atom stereocenters. The molecular formula is C48H78BaO4. The number of unbranched alkanes of at least 4 members (excludes halogenated alkanes) is 22. The Morgan fingerprint density at radius 2 is 0.623 bits per heavy atom. The Bertz CT molecular complexity index is 974. The molecule has 2 rings (SSSR count). The van der Waals surface area contributed by atoms with Crippen molar-refractivity contribution in [2.45, 2.75) is 218 Å². The molecule has 0 N–H and O–H groups in total. The second-order valence-electron chi connectivity index (χ2n) is 15.3. The number of hydrogen-bond donors (Lipinski definition) is 0. The maximum Gasteiger partial charge on any atom is 2.00 e. The number of rotatable bonds is 34. The molecule has 0 spiro atoms. The molecule has 0 aromatic heterocycles. The van der Waals surface area contributed by atoms with Crippen LogP contribution in [0.25, 0.3) is 0 Å². The van der Waals surface area contributed by atoms with Gasteiger partial charge in [0.05, 0.1) is 0 Å². The van der Waals surface area contributed by atoms with E-state index in [9.17, 15) is 19.8 Å². The van der Waals surface area contributed by atoms with Gasteiger partial charge in [-0.05, 0) is 74.3 Å². The van der Waals surface area contributed by atoms with E-state index < -0.39 is 11.9 Å². The summed E-state index contributed by atoms with van der Waals surface area (Å²) in [5.41, 5.74) is 3.02. The van der Waals surface area contributed by atoms with E-state index >= 15 is 0 Å². The third kappa shape index (κ3) is 32.9. The summed E-state index contributed by atoms with van der Waals surface area (Å²) in [5.74, 6) is -0.337. The van der Waals surface area contributed by atoms with E-state index in [1.54, 1.807) is 0 Å². The SMILES string of the molecule is CCC(CCCCCCCCCCCCCCC(=O)[O-])c1ccccc1.CCC(CCCCCCCCCCCCCCC(=O)[O-])c1ccccc1.[Ba+2]. The Labute approximate surface area is 367 Å². The molecule has 0 heterocycles. The Balaban J connectivity index is 0.00000100. The van der Waals surface area contributed by atoms with Crippen molar-refractivity contribution in [2.24, 2.45) is 0 Å². The zero-order chi connectivity index (χ0) is 37.7. The molecule has 5 heteroatoms. The van der Waals surface area contributed by atoms with Gasteiger partial charge >= 0.3 is 48.9 Å². The maximum absolute atomic E-state index is 10.3. The van der Waals surface area contributed by atoms with Crippen molar-refractivity contribution in [3.05, 3.63) is 71.8 Å². The normalized spacial score (nSPS) is 12.0. The first-order valence-corrected chi connectivity index (χ1v) is 22.0. The van der Waals surface area contributed by atoms with Gasteiger partial charge in [-0.2, -0.15) is 0 Å². The summed E-state index contributed by atoms with van der Waals surface area (Å²) in [7, 11) is 0. The summed E-state index contributed by atoms with van der Waals surface area (Å²) in [5, 5.41) is 20.6. The zero-order valence-electron chi connectivity index (χ0n) is 34.5. The molecule has 4 nitrogen and oxygen atoms in total. The fourth-order valence-corrected chi connectivity index (χ4v) is 7.52. The topological polar surface area (TPSA) is 80.3 Å². The van der Waals surface area contributed by atoms with Crippen molar-refractivity contribution >= 4 is 60.8 Å². The van der Waals surface area contributed by atoms with E-state index in [0.29, 0.717) is 0 Å². The van der Waals surface area contributed by atoms with Crippen LogP contribution >= 0.6 is 0 Å². The molecule has 0 saturated heterocycles. The number of carboxylic acid groups (broad SMARTS) is 2. The van der Waals surface area contributed by atoms with Gasteiger partial charge in [0.2, 0.25) is 0 Å².